The van der Waals surface area contributed by atoms with Crippen molar-refractivity contribution in [3.8, 4) is 5.88 Å². The average Bonchev–Trinajstić information content (AvgIpc) is 2.95. The number of rotatable bonds is 6. The van der Waals surface area contributed by atoms with Gasteiger partial charge in [0, 0.05) is 32.1 Å². The van der Waals surface area contributed by atoms with E-state index in [2.05, 4.69) is 17.0 Å². The van der Waals surface area contributed by atoms with Crippen LogP contribution in [0.25, 0.3) is 10.9 Å². The van der Waals surface area contributed by atoms with Crippen LogP contribution in [-0.4, -0.2) is 32.8 Å². The van der Waals surface area contributed by atoms with Crippen LogP contribution in [0.1, 0.15) is 31.4 Å². The summed E-state index contributed by atoms with van der Waals surface area (Å²) in [7, 11) is 2.04. The van der Waals surface area contributed by atoms with Gasteiger partial charge in [0.2, 0.25) is 5.88 Å². The molecule has 0 fully saturated rings. The number of para-hydroxylation sites is 1. The summed E-state index contributed by atoms with van der Waals surface area (Å²) in [4.78, 5) is 19.3. The summed E-state index contributed by atoms with van der Waals surface area (Å²) in [5.41, 5.74) is 1.74. The second-order valence-corrected chi connectivity index (χ2v) is 7.30. The molecule has 0 saturated carbocycles. The first kappa shape index (κ1) is 17.6. The molecule has 4 rings (SSSR count). The van der Waals surface area contributed by atoms with Crippen molar-refractivity contribution in [3.63, 3.8) is 0 Å². The molecule has 3 heterocycles. The molecule has 0 spiro atoms. The van der Waals surface area contributed by atoms with Crippen LogP contribution in [-0.2, 0) is 19.5 Å². The van der Waals surface area contributed by atoms with E-state index in [4.69, 9.17) is 4.98 Å². The lowest BCUT2D eigenvalue weighted by molar-refractivity contribution is 0.400. The number of imidazole rings is 1. The predicted octanol–water partition coefficient (Wildman–Crippen LogP) is 3.16. The Kier molecular flexibility index (Phi) is 4.88. The van der Waals surface area contributed by atoms with Crippen LogP contribution in [0.15, 0.2) is 41.2 Å². The van der Waals surface area contributed by atoms with Gasteiger partial charge in [0.25, 0.3) is 0 Å². The molecular formula is C21H26N4O2. The molecule has 0 bridgehead atoms. The third-order valence-electron chi connectivity index (χ3n) is 5.45. The van der Waals surface area contributed by atoms with Crippen LogP contribution in [0.3, 0.4) is 0 Å². The van der Waals surface area contributed by atoms with Crippen LogP contribution in [0.4, 0.5) is 5.82 Å². The smallest absolute Gasteiger partial charge is 0.331 e. The molecule has 0 radical (unpaired) electrons. The summed E-state index contributed by atoms with van der Waals surface area (Å²) < 4.78 is 3.28. The molecule has 1 aliphatic heterocycles. The van der Waals surface area contributed by atoms with Crippen molar-refractivity contribution in [2.45, 2.75) is 45.2 Å². The number of hydrogen-bond acceptors (Lipinski definition) is 4. The molecule has 1 N–H and O–H groups in total. The van der Waals surface area contributed by atoms with Gasteiger partial charge in [-0.1, -0.05) is 18.2 Å². The molecule has 3 aromatic rings. The Morgan fingerprint density at radius 3 is 2.85 bits per heavy atom. The van der Waals surface area contributed by atoms with Gasteiger partial charge in [-0.15, -0.1) is 0 Å². The number of fused-ring (bicyclic) bond motifs is 2. The van der Waals surface area contributed by atoms with Crippen molar-refractivity contribution in [1.29, 1.82) is 0 Å². The Labute approximate surface area is 158 Å². The number of anilines is 1. The van der Waals surface area contributed by atoms with Crippen LogP contribution in [0, 0.1) is 0 Å². The molecule has 2 aromatic heterocycles. The van der Waals surface area contributed by atoms with Gasteiger partial charge in [0.15, 0.2) is 0 Å². The lowest BCUT2D eigenvalue weighted by Crippen LogP contribution is -2.27. The van der Waals surface area contributed by atoms with Crippen LogP contribution < -0.4 is 10.6 Å². The van der Waals surface area contributed by atoms with Crippen molar-refractivity contribution in [2.24, 2.45) is 0 Å². The van der Waals surface area contributed by atoms with Gasteiger partial charge in [-0.25, -0.2) is 9.78 Å². The molecule has 0 saturated heterocycles. The van der Waals surface area contributed by atoms with E-state index in [0.717, 1.165) is 67.6 Å². The van der Waals surface area contributed by atoms with E-state index in [1.807, 2.05) is 31.3 Å². The van der Waals surface area contributed by atoms with E-state index in [-0.39, 0.29) is 11.6 Å². The van der Waals surface area contributed by atoms with Gasteiger partial charge in [-0.3, -0.25) is 9.13 Å². The highest BCUT2D eigenvalue weighted by molar-refractivity contribution is 5.80. The fraction of sp³-hybridized carbons (Fsp3) is 0.429. The molecule has 27 heavy (non-hydrogen) atoms. The highest BCUT2D eigenvalue weighted by Gasteiger charge is 2.21. The lowest BCUT2D eigenvalue weighted by Gasteiger charge is -2.18. The van der Waals surface area contributed by atoms with Crippen LogP contribution in [0.5, 0.6) is 5.88 Å². The van der Waals surface area contributed by atoms with E-state index in [9.17, 15) is 9.90 Å². The maximum absolute atomic E-state index is 12.5. The van der Waals surface area contributed by atoms with Crippen molar-refractivity contribution < 1.29 is 5.11 Å². The first-order chi connectivity index (χ1) is 13.1. The molecule has 0 atom stereocenters. The third kappa shape index (κ3) is 3.44. The molecule has 0 unspecified atom stereocenters. The van der Waals surface area contributed by atoms with Crippen molar-refractivity contribution >= 4 is 16.7 Å². The average molecular weight is 366 g/mol. The minimum Gasteiger partial charge on any atom is -0.493 e. The number of pyridine rings is 1. The fourth-order valence-electron chi connectivity index (χ4n) is 3.87. The molecule has 142 valence electrons. The monoisotopic (exact) mass is 366 g/mol. The molecule has 1 aromatic carbocycles. The summed E-state index contributed by atoms with van der Waals surface area (Å²) in [6.07, 6.45) is 4.62. The van der Waals surface area contributed by atoms with E-state index in [1.54, 1.807) is 4.57 Å². The standard InChI is InChI=1S/C21H26N4O2/c1-23(19-12-11-16-8-2-3-9-17(16)22-19)13-6-7-15-25-20(26)18-10-4-5-14-24(18)21(25)27/h2-3,8-9,11-12,26H,4-7,10,13-15H2,1H3. The second kappa shape index (κ2) is 7.47. The zero-order chi connectivity index (χ0) is 18.8. The molecule has 1 aliphatic rings. The van der Waals surface area contributed by atoms with E-state index >= 15 is 0 Å². The molecule has 0 amide bonds. The van der Waals surface area contributed by atoms with Crippen LogP contribution >= 0.6 is 0 Å². The van der Waals surface area contributed by atoms with Gasteiger partial charge in [0.1, 0.15) is 5.82 Å². The summed E-state index contributed by atoms with van der Waals surface area (Å²) in [6, 6.07) is 12.2. The summed E-state index contributed by atoms with van der Waals surface area (Å²) >= 11 is 0. The van der Waals surface area contributed by atoms with Gasteiger partial charge < -0.3 is 10.0 Å². The van der Waals surface area contributed by atoms with Gasteiger partial charge in [-0.05, 0) is 50.3 Å². The van der Waals surface area contributed by atoms with E-state index < -0.39 is 0 Å². The summed E-state index contributed by atoms with van der Waals surface area (Å²) in [5.74, 6) is 1.12. The Morgan fingerprint density at radius 2 is 2.00 bits per heavy atom. The quantitative estimate of drug-likeness (QED) is 0.681. The zero-order valence-electron chi connectivity index (χ0n) is 15.8. The largest absolute Gasteiger partial charge is 0.493 e. The molecular weight excluding hydrogens is 340 g/mol. The number of nitrogens with zero attached hydrogens (tertiary/aromatic N) is 4. The maximum atomic E-state index is 12.5. The third-order valence-corrected chi connectivity index (χ3v) is 5.45. The lowest BCUT2D eigenvalue weighted by atomic mass is 10.1. The number of aromatic hydroxyl groups is 1. The maximum Gasteiger partial charge on any atom is 0.331 e. The highest BCUT2D eigenvalue weighted by Crippen LogP contribution is 2.23. The highest BCUT2D eigenvalue weighted by atomic mass is 16.3. The number of aromatic nitrogens is 3. The predicted molar refractivity (Wildman–Crippen MR) is 108 cm³/mol. The van der Waals surface area contributed by atoms with Crippen LogP contribution in [0.2, 0.25) is 0 Å². The molecule has 0 aliphatic carbocycles. The van der Waals surface area contributed by atoms with Gasteiger partial charge >= 0.3 is 5.69 Å². The van der Waals surface area contributed by atoms with Gasteiger partial charge in [-0.2, -0.15) is 0 Å². The Bertz CT molecular complexity index is 1010. The number of unbranched alkanes of at least 4 members (excludes halogenated alkanes) is 1. The topological polar surface area (TPSA) is 63.3 Å². The van der Waals surface area contributed by atoms with Crippen molar-refractivity contribution in [2.75, 3.05) is 18.5 Å². The first-order valence-electron chi connectivity index (χ1n) is 9.73. The van der Waals surface area contributed by atoms with E-state index in [1.165, 1.54) is 4.57 Å². The Balaban J connectivity index is 1.36. The second-order valence-electron chi connectivity index (χ2n) is 7.30. The first-order valence-corrected chi connectivity index (χ1v) is 9.73. The summed E-state index contributed by atoms with van der Waals surface area (Å²) in [5, 5.41) is 11.5. The minimum absolute atomic E-state index is 0.0632. The number of hydrogen-bond donors (Lipinski definition) is 1. The molecule has 6 heteroatoms. The van der Waals surface area contributed by atoms with Gasteiger partial charge in [0.05, 0.1) is 11.2 Å². The number of benzene rings is 1. The van der Waals surface area contributed by atoms with Crippen molar-refractivity contribution in [1.82, 2.24) is 14.1 Å². The molecule has 6 nitrogen and oxygen atoms in total. The zero-order valence-corrected chi connectivity index (χ0v) is 15.8. The summed E-state index contributed by atoms with van der Waals surface area (Å²) in [6.45, 7) is 2.14. The van der Waals surface area contributed by atoms with Crippen molar-refractivity contribution in [3.05, 3.63) is 52.6 Å². The fourth-order valence-corrected chi connectivity index (χ4v) is 3.87. The Hall–Kier alpha value is -2.76. The minimum atomic E-state index is -0.0632. The SMILES string of the molecule is CN(CCCCn1c(O)c2n(c1=O)CCCC2)c1ccc2ccccc2n1. The van der Waals surface area contributed by atoms with E-state index in [0.29, 0.717) is 6.54 Å². The Morgan fingerprint density at radius 1 is 1.15 bits per heavy atom. The normalized spacial score (nSPS) is 13.7.